The zero-order valence-electron chi connectivity index (χ0n) is 11.5. The van der Waals surface area contributed by atoms with E-state index in [0.29, 0.717) is 10.7 Å². The molecule has 0 aliphatic carbocycles. The van der Waals surface area contributed by atoms with Gasteiger partial charge in [-0.15, -0.1) is 11.6 Å². The van der Waals surface area contributed by atoms with Gasteiger partial charge in [0.25, 0.3) is 0 Å². The Hall–Kier alpha value is -0.470. The molecule has 19 heavy (non-hydrogen) atoms. The largest absolute Gasteiger partial charge is 0.361 e. The van der Waals surface area contributed by atoms with Crippen molar-refractivity contribution in [2.45, 2.75) is 49.2 Å². The SMILES string of the molecule is CCCC(Br)C(Cl)C(CC)c1c[nH]c2ccccc12. The van der Waals surface area contributed by atoms with E-state index in [-0.39, 0.29) is 5.38 Å². The minimum absolute atomic E-state index is 0.129. The lowest BCUT2D eigenvalue weighted by Crippen LogP contribution is -2.22. The third-order valence-corrected chi connectivity index (χ3v) is 5.69. The summed E-state index contributed by atoms with van der Waals surface area (Å²) in [6.45, 7) is 4.41. The van der Waals surface area contributed by atoms with Crippen molar-refractivity contribution in [2.24, 2.45) is 0 Å². The second-order valence-electron chi connectivity index (χ2n) is 5.05. The van der Waals surface area contributed by atoms with E-state index in [1.807, 2.05) is 0 Å². The number of aromatic nitrogens is 1. The zero-order chi connectivity index (χ0) is 13.8. The monoisotopic (exact) mass is 341 g/mol. The number of para-hydroxylation sites is 1. The Morgan fingerprint density at radius 1 is 1.26 bits per heavy atom. The van der Waals surface area contributed by atoms with Gasteiger partial charge in [-0.2, -0.15) is 0 Å². The highest BCUT2D eigenvalue weighted by Gasteiger charge is 2.27. The molecule has 1 nitrogen and oxygen atoms in total. The third kappa shape index (κ3) is 3.17. The lowest BCUT2D eigenvalue weighted by molar-refractivity contribution is 0.581. The van der Waals surface area contributed by atoms with Crippen LogP contribution in [0.1, 0.15) is 44.6 Å². The Labute approximate surface area is 128 Å². The second-order valence-corrected chi connectivity index (χ2v) is 6.73. The van der Waals surface area contributed by atoms with Crippen molar-refractivity contribution >= 4 is 38.4 Å². The number of fused-ring (bicyclic) bond motifs is 1. The molecule has 0 spiro atoms. The molecule has 0 saturated carbocycles. The number of alkyl halides is 2. The number of hydrogen-bond donors (Lipinski definition) is 1. The average molecular weight is 343 g/mol. The van der Waals surface area contributed by atoms with Gasteiger partial charge in [0, 0.05) is 27.8 Å². The summed E-state index contributed by atoms with van der Waals surface area (Å²) in [6.07, 6.45) is 5.46. The van der Waals surface area contributed by atoms with Crippen LogP contribution in [0.2, 0.25) is 0 Å². The first kappa shape index (κ1) is 14.9. The minimum Gasteiger partial charge on any atom is -0.361 e. The van der Waals surface area contributed by atoms with Crippen molar-refractivity contribution < 1.29 is 0 Å². The van der Waals surface area contributed by atoms with Gasteiger partial charge in [0.15, 0.2) is 0 Å². The van der Waals surface area contributed by atoms with E-state index < -0.39 is 0 Å². The van der Waals surface area contributed by atoms with Crippen LogP contribution in [0.5, 0.6) is 0 Å². The highest BCUT2D eigenvalue weighted by atomic mass is 79.9. The molecule has 2 aromatic rings. The molecule has 0 aliphatic rings. The van der Waals surface area contributed by atoms with Gasteiger partial charge in [0.1, 0.15) is 0 Å². The Balaban J connectivity index is 2.31. The van der Waals surface area contributed by atoms with Crippen LogP contribution in [-0.4, -0.2) is 15.2 Å². The van der Waals surface area contributed by atoms with Crippen LogP contribution < -0.4 is 0 Å². The molecular weight excluding hydrogens is 322 g/mol. The highest BCUT2D eigenvalue weighted by Crippen LogP contribution is 2.36. The number of hydrogen-bond acceptors (Lipinski definition) is 0. The van der Waals surface area contributed by atoms with Gasteiger partial charge < -0.3 is 4.98 Å². The van der Waals surface area contributed by atoms with Crippen molar-refractivity contribution in [2.75, 3.05) is 0 Å². The van der Waals surface area contributed by atoms with Gasteiger partial charge in [-0.05, 0) is 24.5 Å². The summed E-state index contributed by atoms with van der Waals surface area (Å²) in [4.78, 5) is 3.73. The fourth-order valence-electron chi connectivity index (χ4n) is 2.70. The average Bonchev–Trinajstić information content (AvgIpc) is 2.84. The Bertz CT molecular complexity index is 522. The Morgan fingerprint density at radius 3 is 2.68 bits per heavy atom. The maximum atomic E-state index is 6.71. The maximum absolute atomic E-state index is 6.71. The van der Waals surface area contributed by atoms with Gasteiger partial charge in [0.05, 0.1) is 5.38 Å². The highest BCUT2D eigenvalue weighted by molar-refractivity contribution is 9.09. The molecule has 104 valence electrons. The van der Waals surface area contributed by atoms with Crippen molar-refractivity contribution in [3.63, 3.8) is 0 Å². The van der Waals surface area contributed by atoms with Crippen molar-refractivity contribution in [1.29, 1.82) is 0 Å². The minimum atomic E-state index is 0.129. The molecule has 3 unspecified atom stereocenters. The molecule has 0 bridgehead atoms. The molecule has 0 radical (unpaired) electrons. The van der Waals surface area contributed by atoms with E-state index in [1.54, 1.807) is 0 Å². The first-order valence-corrected chi connectivity index (χ1v) is 8.38. The van der Waals surface area contributed by atoms with Crippen LogP contribution in [0, 0.1) is 0 Å². The van der Waals surface area contributed by atoms with Crippen LogP contribution in [-0.2, 0) is 0 Å². The van der Waals surface area contributed by atoms with Crippen molar-refractivity contribution in [1.82, 2.24) is 4.98 Å². The summed E-state index contributed by atoms with van der Waals surface area (Å²) < 4.78 is 0. The Morgan fingerprint density at radius 2 is 2.00 bits per heavy atom. The lowest BCUT2D eigenvalue weighted by atomic mass is 9.90. The van der Waals surface area contributed by atoms with Crippen LogP contribution in [0.15, 0.2) is 30.5 Å². The number of H-pyrrole nitrogens is 1. The standard InChI is InChI=1S/C16H21BrClN/c1-3-7-14(17)16(18)11(4-2)13-10-19-15-9-6-5-8-12(13)15/h5-6,8-11,14,16,19H,3-4,7H2,1-2H3. The van der Waals surface area contributed by atoms with Crippen molar-refractivity contribution in [3.05, 3.63) is 36.0 Å². The normalized spacial score (nSPS) is 16.4. The van der Waals surface area contributed by atoms with E-state index in [9.17, 15) is 0 Å². The summed E-state index contributed by atoms with van der Waals surface area (Å²) in [5.41, 5.74) is 2.54. The van der Waals surface area contributed by atoms with Crippen LogP contribution >= 0.6 is 27.5 Å². The molecule has 0 saturated heterocycles. The lowest BCUT2D eigenvalue weighted by Gasteiger charge is -2.25. The summed E-state index contributed by atoms with van der Waals surface area (Å²) in [5.74, 6) is 0.383. The Kier molecular flexibility index (Phi) is 5.35. The van der Waals surface area contributed by atoms with E-state index in [4.69, 9.17) is 11.6 Å². The summed E-state index contributed by atoms with van der Waals surface area (Å²) in [7, 11) is 0. The molecule has 1 heterocycles. The maximum Gasteiger partial charge on any atom is 0.0530 e. The molecule has 0 amide bonds. The smallest absolute Gasteiger partial charge is 0.0530 e. The van der Waals surface area contributed by atoms with E-state index in [2.05, 4.69) is 65.2 Å². The van der Waals surface area contributed by atoms with Gasteiger partial charge in [0.2, 0.25) is 0 Å². The molecule has 0 fully saturated rings. The quantitative estimate of drug-likeness (QED) is 0.635. The molecular formula is C16H21BrClN. The number of aromatic amines is 1. The van der Waals surface area contributed by atoms with E-state index >= 15 is 0 Å². The molecule has 1 aromatic carbocycles. The first-order chi connectivity index (χ1) is 9.19. The molecule has 0 aliphatic heterocycles. The fourth-order valence-corrected chi connectivity index (χ4v) is 3.97. The molecule has 1 aromatic heterocycles. The van der Waals surface area contributed by atoms with Crippen LogP contribution in [0.4, 0.5) is 0 Å². The van der Waals surface area contributed by atoms with Crippen LogP contribution in [0.25, 0.3) is 10.9 Å². The number of benzene rings is 1. The third-order valence-electron chi connectivity index (χ3n) is 3.75. The summed E-state index contributed by atoms with van der Waals surface area (Å²) in [6, 6.07) is 8.45. The number of halogens is 2. The molecule has 3 heteroatoms. The van der Waals surface area contributed by atoms with Gasteiger partial charge in [-0.25, -0.2) is 0 Å². The summed E-state index contributed by atoms with van der Waals surface area (Å²) >= 11 is 10.5. The fraction of sp³-hybridized carbons (Fsp3) is 0.500. The second kappa shape index (κ2) is 6.81. The molecule has 2 rings (SSSR count). The summed E-state index contributed by atoms with van der Waals surface area (Å²) in [5, 5.41) is 1.43. The zero-order valence-corrected chi connectivity index (χ0v) is 13.8. The first-order valence-electron chi connectivity index (χ1n) is 7.03. The molecule has 1 N–H and O–H groups in total. The van der Waals surface area contributed by atoms with Gasteiger partial charge in [-0.3, -0.25) is 0 Å². The van der Waals surface area contributed by atoms with E-state index in [0.717, 1.165) is 19.3 Å². The topological polar surface area (TPSA) is 15.8 Å². The van der Waals surface area contributed by atoms with Crippen LogP contribution in [0.3, 0.4) is 0 Å². The number of nitrogens with one attached hydrogen (secondary N) is 1. The molecule has 3 atom stereocenters. The predicted octanol–water partition coefficient (Wildman–Crippen LogP) is 5.83. The van der Waals surface area contributed by atoms with E-state index in [1.165, 1.54) is 16.5 Å². The predicted molar refractivity (Wildman–Crippen MR) is 88.6 cm³/mol. The van der Waals surface area contributed by atoms with Gasteiger partial charge >= 0.3 is 0 Å². The van der Waals surface area contributed by atoms with Gasteiger partial charge in [-0.1, -0.05) is 54.4 Å². The van der Waals surface area contributed by atoms with Crippen molar-refractivity contribution in [3.8, 4) is 0 Å². The number of rotatable bonds is 6.